The summed E-state index contributed by atoms with van der Waals surface area (Å²) in [7, 11) is 0. The predicted octanol–water partition coefficient (Wildman–Crippen LogP) is 3.20. The van der Waals surface area contributed by atoms with Crippen molar-refractivity contribution in [1.82, 2.24) is 10.2 Å². The summed E-state index contributed by atoms with van der Waals surface area (Å²) < 4.78 is 5.49. The third-order valence-electron chi connectivity index (χ3n) is 3.95. The number of hydrogen-bond acceptors (Lipinski definition) is 6. The molecule has 1 aliphatic heterocycles. The molecule has 1 aromatic carbocycles. The maximum absolute atomic E-state index is 12.9. The van der Waals surface area contributed by atoms with Crippen molar-refractivity contribution in [2.75, 3.05) is 24.2 Å². The topological polar surface area (TPSA) is 59.2 Å². The quantitative estimate of drug-likeness (QED) is 0.637. The van der Waals surface area contributed by atoms with Gasteiger partial charge < -0.3 is 9.32 Å². The number of benzene rings is 1. The van der Waals surface area contributed by atoms with Crippen molar-refractivity contribution < 1.29 is 9.21 Å². The highest BCUT2D eigenvalue weighted by molar-refractivity contribution is 7.98. The molecule has 0 bridgehead atoms. The molecule has 116 valence electrons. The molecule has 6 heteroatoms. The summed E-state index contributed by atoms with van der Waals surface area (Å²) in [6, 6.07) is 8.34. The molecule has 22 heavy (non-hydrogen) atoms. The third kappa shape index (κ3) is 3.02. The first-order chi connectivity index (χ1) is 10.7. The zero-order chi connectivity index (χ0) is 15.5. The van der Waals surface area contributed by atoms with Crippen molar-refractivity contribution in [3.8, 4) is 0 Å². The standard InChI is InChI=1S/C16H19N3O2S/c1-11-17-18-16(21-11)19-9-5-6-12(10-19)15(20)13-7-3-4-8-14(13)22-2/h3-4,7-8,12H,5-6,9-10H2,1-2H3/t12-/m0/s1. The van der Waals surface area contributed by atoms with E-state index >= 15 is 0 Å². The van der Waals surface area contributed by atoms with Gasteiger partial charge in [-0.25, -0.2) is 0 Å². The van der Waals surface area contributed by atoms with Crippen molar-refractivity contribution in [2.24, 2.45) is 5.92 Å². The minimum Gasteiger partial charge on any atom is -0.408 e. The molecule has 3 rings (SSSR count). The molecule has 1 saturated heterocycles. The lowest BCUT2D eigenvalue weighted by Gasteiger charge is -2.30. The number of Topliss-reactive ketones (excluding diaryl/α,β-unsaturated/α-hetero) is 1. The van der Waals surface area contributed by atoms with Crippen LogP contribution in [0.3, 0.4) is 0 Å². The van der Waals surface area contributed by atoms with Gasteiger partial charge >= 0.3 is 6.01 Å². The molecule has 2 aromatic rings. The van der Waals surface area contributed by atoms with Gasteiger partial charge in [0.15, 0.2) is 5.78 Å². The Hall–Kier alpha value is -1.82. The molecule has 0 spiro atoms. The Balaban J connectivity index is 1.78. The normalized spacial score (nSPS) is 18.5. The first-order valence-electron chi connectivity index (χ1n) is 7.41. The molecule has 0 radical (unpaired) electrons. The van der Waals surface area contributed by atoms with Crippen LogP contribution in [-0.2, 0) is 0 Å². The molecule has 0 N–H and O–H groups in total. The number of nitrogens with zero attached hydrogens (tertiary/aromatic N) is 3. The summed E-state index contributed by atoms with van der Waals surface area (Å²) in [5, 5.41) is 7.93. The van der Waals surface area contributed by atoms with Gasteiger partial charge in [0.1, 0.15) is 0 Å². The highest BCUT2D eigenvalue weighted by atomic mass is 32.2. The molecule has 1 fully saturated rings. The minimum absolute atomic E-state index is 0.0192. The number of carbonyl (C=O) groups excluding carboxylic acids is 1. The second-order valence-corrected chi connectivity index (χ2v) is 6.30. The average Bonchev–Trinajstić information content (AvgIpc) is 3.01. The summed E-state index contributed by atoms with van der Waals surface area (Å²) in [4.78, 5) is 15.9. The van der Waals surface area contributed by atoms with Crippen molar-refractivity contribution in [1.29, 1.82) is 0 Å². The van der Waals surface area contributed by atoms with Crippen molar-refractivity contribution in [3.63, 3.8) is 0 Å². The number of rotatable bonds is 4. The fourth-order valence-corrected chi connectivity index (χ4v) is 3.45. The third-order valence-corrected chi connectivity index (χ3v) is 4.75. The number of thioether (sulfide) groups is 1. The number of hydrogen-bond donors (Lipinski definition) is 0. The summed E-state index contributed by atoms with van der Waals surface area (Å²) in [5.74, 6) is 0.747. The van der Waals surface area contributed by atoms with Crippen LogP contribution >= 0.6 is 11.8 Å². The van der Waals surface area contributed by atoms with Crippen LogP contribution in [0.2, 0.25) is 0 Å². The van der Waals surface area contributed by atoms with Crippen LogP contribution in [-0.4, -0.2) is 35.3 Å². The molecule has 0 saturated carbocycles. The van der Waals surface area contributed by atoms with Gasteiger partial charge in [-0.3, -0.25) is 4.79 Å². The molecule has 1 atom stereocenters. The largest absolute Gasteiger partial charge is 0.408 e. The van der Waals surface area contributed by atoms with Crippen molar-refractivity contribution in [2.45, 2.75) is 24.7 Å². The Morgan fingerprint density at radius 1 is 1.36 bits per heavy atom. The molecule has 1 aliphatic rings. The molecular weight excluding hydrogens is 298 g/mol. The lowest BCUT2D eigenvalue weighted by molar-refractivity contribution is 0.0903. The van der Waals surface area contributed by atoms with E-state index in [4.69, 9.17) is 4.42 Å². The van der Waals surface area contributed by atoms with E-state index < -0.39 is 0 Å². The van der Waals surface area contributed by atoms with E-state index in [0.717, 1.165) is 29.8 Å². The number of piperidine rings is 1. The van der Waals surface area contributed by atoms with Crippen LogP contribution < -0.4 is 4.90 Å². The van der Waals surface area contributed by atoms with Gasteiger partial charge in [0.05, 0.1) is 0 Å². The van der Waals surface area contributed by atoms with E-state index in [0.29, 0.717) is 18.5 Å². The predicted molar refractivity (Wildman–Crippen MR) is 86.5 cm³/mol. The molecule has 1 aromatic heterocycles. The van der Waals surface area contributed by atoms with Gasteiger partial charge in [-0.1, -0.05) is 23.3 Å². The van der Waals surface area contributed by atoms with Crippen LogP contribution in [0, 0.1) is 12.8 Å². The molecule has 0 unspecified atom stereocenters. The Kier molecular flexibility index (Phi) is 4.47. The Morgan fingerprint density at radius 2 is 2.18 bits per heavy atom. The second-order valence-electron chi connectivity index (χ2n) is 5.45. The summed E-state index contributed by atoms with van der Waals surface area (Å²) in [6.45, 7) is 3.27. The van der Waals surface area contributed by atoms with Crippen LogP contribution in [0.1, 0.15) is 29.1 Å². The summed E-state index contributed by atoms with van der Waals surface area (Å²) in [5.41, 5.74) is 0.823. The number of anilines is 1. The lowest BCUT2D eigenvalue weighted by Crippen LogP contribution is -2.39. The fraction of sp³-hybridized carbons (Fsp3) is 0.438. The Labute approximate surface area is 134 Å². The van der Waals surface area contributed by atoms with E-state index in [1.54, 1.807) is 18.7 Å². The number of aryl methyl sites for hydroxylation is 1. The van der Waals surface area contributed by atoms with Crippen LogP contribution in [0.4, 0.5) is 6.01 Å². The zero-order valence-corrected chi connectivity index (χ0v) is 13.6. The van der Waals surface area contributed by atoms with Crippen LogP contribution in [0.15, 0.2) is 33.6 Å². The van der Waals surface area contributed by atoms with E-state index in [1.165, 1.54) is 0 Å². The van der Waals surface area contributed by atoms with Gasteiger partial charge in [-0.05, 0) is 25.2 Å². The summed E-state index contributed by atoms with van der Waals surface area (Å²) in [6.07, 6.45) is 3.87. The number of aromatic nitrogens is 2. The van der Waals surface area contributed by atoms with Crippen molar-refractivity contribution >= 4 is 23.6 Å². The highest BCUT2D eigenvalue weighted by Gasteiger charge is 2.29. The van der Waals surface area contributed by atoms with Crippen LogP contribution in [0.5, 0.6) is 0 Å². The van der Waals surface area contributed by atoms with Gasteiger partial charge in [-0.15, -0.1) is 16.9 Å². The fourth-order valence-electron chi connectivity index (χ4n) is 2.85. The zero-order valence-electron chi connectivity index (χ0n) is 12.8. The van der Waals surface area contributed by atoms with E-state index in [9.17, 15) is 4.79 Å². The van der Waals surface area contributed by atoms with Gasteiger partial charge in [0.25, 0.3) is 0 Å². The first-order valence-corrected chi connectivity index (χ1v) is 8.64. The average molecular weight is 317 g/mol. The molecule has 0 amide bonds. The second kappa shape index (κ2) is 6.52. The maximum atomic E-state index is 12.9. The lowest BCUT2D eigenvalue weighted by atomic mass is 9.90. The van der Waals surface area contributed by atoms with E-state index in [-0.39, 0.29) is 11.7 Å². The van der Waals surface area contributed by atoms with Gasteiger partial charge in [0, 0.05) is 36.4 Å². The minimum atomic E-state index is -0.0192. The smallest absolute Gasteiger partial charge is 0.318 e. The Bertz CT molecular complexity index is 671. The number of carbonyl (C=O) groups is 1. The Morgan fingerprint density at radius 3 is 2.91 bits per heavy atom. The highest BCUT2D eigenvalue weighted by Crippen LogP contribution is 2.28. The molecule has 0 aliphatic carbocycles. The van der Waals surface area contributed by atoms with Crippen LogP contribution in [0.25, 0.3) is 0 Å². The van der Waals surface area contributed by atoms with E-state index in [2.05, 4.69) is 10.2 Å². The van der Waals surface area contributed by atoms with E-state index in [1.807, 2.05) is 35.4 Å². The summed E-state index contributed by atoms with van der Waals surface area (Å²) >= 11 is 1.61. The van der Waals surface area contributed by atoms with Crippen molar-refractivity contribution in [3.05, 3.63) is 35.7 Å². The maximum Gasteiger partial charge on any atom is 0.318 e. The molecule has 2 heterocycles. The first kappa shape index (κ1) is 15.1. The molecular formula is C16H19N3O2S. The number of ketones is 1. The van der Waals surface area contributed by atoms with Gasteiger partial charge in [-0.2, -0.15) is 0 Å². The molecule has 5 nitrogen and oxygen atoms in total. The van der Waals surface area contributed by atoms with Gasteiger partial charge in [0.2, 0.25) is 5.89 Å². The SMILES string of the molecule is CSc1ccccc1C(=O)[C@H]1CCCN(c2nnc(C)o2)C1. The monoisotopic (exact) mass is 317 g/mol.